The Bertz CT molecular complexity index is 1290. The molecule has 35 heavy (non-hydrogen) atoms. The Kier molecular flexibility index (Phi) is 9.00. The summed E-state index contributed by atoms with van der Waals surface area (Å²) in [4.78, 5) is 35.3. The van der Waals surface area contributed by atoms with Gasteiger partial charge in [-0.15, -0.1) is 0 Å². The minimum absolute atomic E-state index is 0.148. The van der Waals surface area contributed by atoms with E-state index in [1.54, 1.807) is 6.07 Å². The molecule has 13 heteroatoms. The summed E-state index contributed by atoms with van der Waals surface area (Å²) >= 11 is 23.6. The highest BCUT2D eigenvalue weighted by Gasteiger charge is 2.18. The van der Waals surface area contributed by atoms with Crippen molar-refractivity contribution in [1.29, 1.82) is 0 Å². The summed E-state index contributed by atoms with van der Waals surface area (Å²) in [5.74, 6) is -0.794. The highest BCUT2D eigenvalue weighted by molar-refractivity contribution is 6.36. The lowest BCUT2D eigenvalue weighted by Gasteiger charge is -2.12. The molecule has 3 rings (SSSR count). The molecule has 0 heterocycles. The summed E-state index contributed by atoms with van der Waals surface area (Å²) in [6.45, 7) is -0.874. The van der Waals surface area contributed by atoms with Crippen LogP contribution in [0.4, 0.5) is 17.1 Å². The minimum atomic E-state index is -0.691. The van der Waals surface area contributed by atoms with Gasteiger partial charge in [0.2, 0.25) is 0 Å². The van der Waals surface area contributed by atoms with Crippen molar-refractivity contribution in [2.75, 3.05) is 23.8 Å². The fraction of sp³-hybridized carbons (Fsp3) is 0.0909. The van der Waals surface area contributed by atoms with Crippen LogP contribution in [-0.2, 0) is 9.59 Å². The van der Waals surface area contributed by atoms with Gasteiger partial charge in [-0.2, -0.15) is 0 Å². The number of rotatable bonds is 9. The topological polar surface area (TPSA) is 120 Å². The second-order valence-corrected chi connectivity index (χ2v) is 8.50. The maximum atomic E-state index is 12.3. The lowest BCUT2D eigenvalue weighted by Crippen LogP contribution is -2.22. The summed E-state index contributed by atoms with van der Waals surface area (Å²) in [6, 6.07) is 12.7. The van der Waals surface area contributed by atoms with Gasteiger partial charge in [-0.1, -0.05) is 46.4 Å². The third-order valence-corrected chi connectivity index (χ3v) is 5.32. The largest absolute Gasteiger partial charge is 0.482 e. The van der Waals surface area contributed by atoms with Gasteiger partial charge in [0.25, 0.3) is 17.5 Å². The van der Waals surface area contributed by atoms with E-state index >= 15 is 0 Å². The van der Waals surface area contributed by atoms with Crippen LogP contribution in [0.25, 0.3) is 0 Å². The normalized spacial score (nSPS) is 10.4. The van der Waals surface area contributed by atoms with Crippen LogP contribution in [0.15, 0.2) is 54.6 Å². The first kappa shape index (κ1) is 26.4. The van der Waals surface area contributed by atoms with Gasteiger partial charge in [-0.25, -0.2) is 0 Å². The summed E-state index contributed by atoms with van der Waals surface area (Å²) in [6.07, 6.45) is 0. The molecule has 0 unspecified atom stereocenters. The van der Waals surface area contributed by atoms with Gasteiger partial charge in [-0.05, 0) is 48.5 Å². The highest BCUT2D eigenvalue weighted by atomic mass is 35.5. The molecule has 3 aromatic rings. The van der Waals surface area contributed by atoms with E-state index in [9.17, 15) is 19.7 Å². The van der Waals surface area contributed by atoms with Crippen LogP contribution in [0.5, 0.6) is 11.5 Å². The van der Waals surface area contributed by atoms with E-state index in [1.165, 1.54) is 42.5 Å². The molecule has 0 saturated heterocycles. The van der Waals surface area contributed by atoms with Crippen molar-refractivity contribution in [2.24, 2.45) is 0 Å². The summed E-state index contributed by atoms with van der Waals surface area (Å²) < 4.78 is 10.7. The van der Waals surface area contributed by atoms with Crippen LogP contribution in [0.1, 0.15) is 0 Å². The number of amides is 2. The summed E-state index contributed by atoms with van der Waals surface area (Å²) in [7, 11) is 0. The quantitative estimate of drug-likeness (QED) is 0.237. The molecule has 0 spiro atoms. The molecule has 0 saturated carbocycles. The number of benzene rings is 3. The first-order valence-electron chi connectivity index (χ1n) is 9.66. The van der Waals surface area contributed by atoms with Crippen molar-refractivity contribution in [1.82, 2.24) is 0 Å². The van der Waals surface area contributed by atoms with Gasteiger partial charge in [0, 0.05) is 21.8 Å². The molecule has 3 aromatic carbocycles. The average Bonchev–Trinajstić information content (AvgIpc) is 2.78. The van der Waals surface area contributed by atoms with E-state index < -0.39 is 30.0 Å². The van der Waals surface area contributed by atoms with Gasteiger partial charge >= 0.3 is 0 Å². The van der Waals surface area contributed by atoms with Crippen LogP contribution in [0.3, 0.4) is 0 Å². The number of ether oxygens (including phenoxy) is 2. The average molecular weight is 559 g/mol. The Morgan fingerprint density at radius 3 is 1.77 bits per heavy atom. The lowest BCUT2D eigenvalue weighted by atomic mass is 10.2. The summed E-state index contributed by atoms with van der Waals surface area (Å²) in [5, 5.41) is 17.5. The predicted molar refractivity (Wildman–Crippen MR) is 134 cm³/mol. The van der Waals surface area contributed by atoms with E-state index in [0.717, 1.165) is 6.07 Å². The zero-order valence-corrected chi connectivity index (χ0v) is 20.5. The molecule has 0 aromatic heterocycles. The molecule has 0 aliphatic heterocycles. The van der Waals surface area contributed by atoms with Crippen molar-refractivity contribution in [3.63, 3.8) is 0 Å². The maximum absolute atomic E-state index is 12.3. The van der Waals surface area contributed by atoms with Gasteiger partial charge in [0.15, 0.2) is 13.2 Å². The zero-order chi connectivity index (χ0) is 25.5. The monoisotopic (exact) mass is 557 g/mol. The molecule has 2 amide bonds. The number of nitrogens with one attached hydrogen (secondary N) is 2. The first-order chi connectivity index (χ1) is 16.6. The van der Waals surface area contributed by atoms with Crippen molar-refractivity contribution < 1.29 is 24.0 Å². The molecule has 0 bridgehead atoms. The van der Waals surface area contributed by atoms with Crippen molar-refractivity contribution >= 4 is 75.3 Å². The van der Waals surface area contributed by atoms with E-state index in [0.29, 0.717) is 10.0 Å². The fourth-order valence-corrected chi connectivity index (χ4v) is 3.65. The molecule has 0 aliphatic carbocycles. The molecule has 9 nitrogen and oxygen atoms in total. The van der Waals surface area contributed by atoms with Crippen molar-refractivity contribution in [3.8, 4) is 11.5 Å². The second-order valence-electron chi connectivity index (χ2n) is 6.81. The molecule has 0 aliphatic rings. The van der Waals surface area contributed by atoms with Gasteiger partial charge < -0.3 is 20.1 Å². The van der Waals surface area contributed by atoms with E-state index in [2.05, 4.69) is 10.6 Å². The third-order valence-electron chi connectivity index (χ3n) is 4.26. The number of nitro benzene ring substituents is 1. The summed E-state index contributed by atoms with van der Waals surface area (Å²) in [5.41, 5.74) is -0.348. The number of nitrogens with zero attached hydrogens (tertiary/aromatic N) is 1. The standard InChI is InChI=1S/C22H15Cl4N3O6/c23-12-1-5-19(15(25)7-12)34-10-21(30)27-14-3-4-18(29(32)33)17(9-14)28-22(31)11-35-20-6-2-13(24)8-16(20)26/h1-9H,10-11H2,(H,27,30)(H,28,31). The maximum Gasteiger partial charge on any atom is 0.292 e. The second kappa shape index (κ2) is 11.9. The molecular weight excluding hydrogens is 544 g/mol. The number of hydrogen-bond acceptors (Lipinski definition) is 6. The minimum Gasteiger partial charge on any atom is -0.482 e. The van der Waals surface area contributed by atoms with E-state index in [1.807, 2.05) is 0 Å². The number of anilines is 2. The van der Waals surface area contributed by atoms with E-state index in [4.69, 9.17) is 55.9 Å². The van der Waals surface area contributed by atoms with Crippen molar-refractivity contribution in [3.05, 3.63) is 84.8 Å². The Morgan fingerprint density at radius 1 is 0.771 bits per heavy atom. The smallest absolute Gasteiger partial charge is 0.292 e. The highest BCUT2D eigenvalue weighted by Crippen LogP contribution is 2.30. The van der Waals surface area contributed by atoms with Gasteiger partial charge in [-0.3, -0.25) is 19.7 Å². The van der Waals surface area contributed by atoms with Crippen LogP contribution < -0.4 is 20.1 Å². The number of nitro groups is 1. The molecule has 0 fully saturated rings. The Labute approximate surface area is 219 Å². The van der Waals surface area contributed by atoms with E-state index in [-0.39, 0.29) is 38.6 Å². The van der Waals surface area contributed by atoms with Crippen LogP contribution in [0.2, 0.25) is 20.1 Å². The van der Waals surface area contributed by atoms with Gasteiger partial charge in [0.05, 0.1) is 15.0 Å². The Morgan fingerprint density at radius 2 is 1.29 bits per heavy atom. The molecule has 0 radical (unpaired) electrons. The number of halogens is 4. The van der Waals surface area contributed by atoms with Gasteiger partial charge in [0.1, 0.15) is 17.2 Å². The van der Waals surface area contributed by atoms with Crippen LogP contribution in [-0.4, -0.2) is 30.0 Å². The molecule has 2 N–H and O–H groups in total. The number of hydrogen-bond donors (Lipinski definition) is 2. The fourth-order valence-electron chi connectivity index (χ4n) is 2.73. The lowest BCUT2D eigenvalue weighted by molar-refractivity contribution is -0.383. The van der Waals surface area contributed by atoms with Crippen LogP contribution >= 0.6 is 46.4 Å². The molecule has 0 atom stereocenters. The predicted octanol–water partition coefficient (Wildman–Crippen LogP) is 6.24. The third kappa shape index (κ3) is 7.63. The first-order valence-corrected chi connectivity index (χ1v) is 11.2. The molecular formula is C22H15Cl4N3O6. The molecule has 182 valence electrons. The number of carbonyl (C=O) groups is 2. The zero-order valence-electron chi connectivity index (χ0n) is 17.5. The van der Waals surface area contributed by atoms with Crippen LogP contribution in [0, 0.1) is 10.1 Å². The Balaban J connectivity index is 1.64. The van der Waals surface area contributed by atoms with Crippen molar-refractivity contribution in [2.45, 2.75) is 0 Å². The number of carbonyl (C=O) groups excluding carboxylic acids is 2. The Hall–Kier alpha value is -3.24. The SMILES string of the molecule is O=C(COc1ccc(Cl)cc1Cl)Nc1ccc([N+](=O)[O-])c(NC(=O)COc2ccc(Cl)cc2Cl)c1.